The normalized spacial score (nSPS) is 12.3. The number of hydrogen-bond donors (Lipinski definition) is 1. The number of benzene rings is 2. The third-order valence-corrected chi connectivity index (χ3v) is 5.78. The van der Waals surface area contributed by atoms with Crippen LogP contribution in [0.3, 0.4) is 0 Å². The zero-order valence-corrected chi connectivity index (χ0v) is 21.5. The standard InChI is InChI=1S/C22H24BrCl3N2O3/c1-13(21(30)27-22(2,3)4)28(11-14-5-7-16(24)17(25)9-14)20(29)12-31-19-8-6-15(23)10-18(19)26/h5-10,13H,11-12H2,1-4H3,(H,27,30). The Kier molecular flexibility index (Phi) is 9.07. The molecule has 0 heterocycles. The summed E-state index contributed by atoms with van der Waals surface area (Å²) in [4.78, 5) is 27.3. The van der Waals surface area contributed by atoms with E-state index < -0.39 is 11.6 Å². The molecule has 0 aromatic heterocycles. The molecule has 2 aromatic rings. The summed E-state index contributed by atoms with van der Waals surface area (Å²) in [6.45, 7) is 7.18. The Morgan fingerprint density at radius 3 is 2.32 bits per heavy atom. The van der Waals surface area contributed by atoms with Crippen LogP contribution in [0, 0.1) is 0 Å². The quantitative estimate of drug-likeness (QED) is 0.452. The molecule has 0 saturated carbocycles. The second-order valence-electron chi connectivity index (χ2n) is 8.05. The van der Waals surface area contributed by atoms with E-state index in [1.54, 1.807) is 43.3 Å². The van der Waals surface area contributed by atoms with Crippen molar-refractivity contribution in [3.8, 4) is 5.75 Å². The van der Waals surface area contributed by atoms with E-state index in [2.05, 4.69) is 21.2 Å². The summed E-state index contributed by atoms with van der Waals surface area (Å²) >= 11 is 21.6. The van der Waals surface area contributed by atoms with Gasteiger partial charge in [-0.2, -0.15) is 0 Å². The van der Waals surface area contributed by atoms with Gasteiger partial charge in [-0.05, 0) is 63.6 Å². The Labute approximate surface area is 206 Å². The average Bonchev–Trinajstić information content (AvgIpc) is 2.66. The Morgan fingerprint density at radius 2 is 1.74 bits per heavy atom. The molecule has 0 radical (unpaired) electrons. The second-order valence-corrected chi connectivity index (χ2v) is 10.2. The molecule has 1 atom stereocenters. The Morgan fingerprint density at radius 1 is 1.06 bits per heavy atom. The Hall–Kier alpha value is -1.47. The first-order valence-electron chi connectivity index (χ1n) is 9.50. The van der Waals surface area contributed by atoms with E-state index >= 15 is 0 Å². The molecule has 9 heteroatoms. The number of halogens is 4. The smallest absolute Gasteiger partial charge is 0.261 e. The molecule has 31 heavy (non-hydrogen) atoms. The highest BCUT2D eigenvalue weighted by molar-refractivity contribution is 9.10. The number of carbonyl (C=O) groups excluding carboxylic acids is 2. The summed E-state index contributed by atoms with van der Waals surface area (Å²) in [5.41, 5.74) is 0.297. The van der Waals surface area contributed by atoms with Gasteiger partial charge in [0.1, 0.15) is 11.8 Å². The molecule has 0 aliphatic rings. The average molecular weight is 551 g/mol. The van der Waals surface area contributed by atoms with Gasteiger partial charge in [0, 0.05) is 16.6 Å². The van der Waals surface area contributed by atoms with E-state index in [-0.39, 0.29) is 25.0 Å². The van der Waals surface area contributed by atoms with Gasteiger partial charge in [0.2, 0.25) is 5.91 Å². The van der Waals surface area contributed by atoms with E-state index in [4.69, 9.17) is 39.5 Å². The van der Waals surface area contributed by atoms with Gasteiger partial charge >= 0.3 is 0 Å². The Balaban J connectivity index is 2.23. The van der Waals surface area contributed by atoms with Crippen molar-refractivity contribution in [2.24, 2.45) is 0 Å². The first-order valence-corrected chi connectivity index (χ1v) is 11.4. The van der Waals surface area contributed by atoms with Crippen LogP contribution in [0.1, 0.15) is 33.3 Å². The van der Waals surface area contributed by atoms with Gasteiger partial charge in [0.25, 0.3) is 5.91 Å². The van der Waals surface area contributed by atoms with E-state index in [0.29, 0.717) is 20.8 Å². The van der Waals surface area contributed by atoms with Crippen LogP contribution in [0.25, 0.3) is 0 Å². The highest BCUT2D eigenvalue weighted by atomic mass is 79.9. The maximum absolute atomic E-state index is 13.1. The van der Waals surface area contributed by atoms with Crippen molar-refractivity contribution in [3.63, 3.8) is 0 Å². The molecule has 2 rings (SSSR count). The van der Waals surface area contributed by atoms with Gasteiger partial charge in [-0.25, -0.2) is 0 Å². The van der Waals surface area contributed by atoms with Crippen molar-refractivity contribution in [2.45, 2.75) is 45.8 Å². The molecule has 0 aliphatic carbocycles. The molecule has 168 valence electrons. The molecule has 0 spiro atoms. The lowest BCUT2D eigenvalue weighted by atomic mass is 10.1. The van der Waals surface area contributed by atoms with Crippen LogP contribution in [0.2, 0.25) is 15.1 Å². The maximum atomic E-state index is 13.1. The van der Waals surface area contributed by atoms with E-state index in [1.165, 1.54) is 4.90 Å². The third-order valence-electron chi connectivity index (χ3n) is 4.25. The van der Waals surface area contributed by atoms with Crippen LogP contribution in [-0.2, 0) is 16.1 Å². The van der Waals surface area contributed by atoms with E-state index in [9.17, 15) is 9.59 Å². The van der Waals surface area contributed by atoms with Gasteiger partial charge in [-0.1, -0.05) is 56.8 Å². The molecule has 0 saturated heterocycles. The fourth-order valence-electron chi connectivity index (χ4n) is 2.71. The molecule has 1 N–H and O–H groups in total. The fourth-order valence-corrected chi connectivity index (χ4v) is 3.75. The number of rotatable bonds is 7. The van der Waals surface area contributed by atoms with Gasteiger partial charge in [0.15, 0.2) is 6.61 Å². The van der Waals surface area contributed by atoms with Crippen molar-refractivity contribution in [1.82, 2.24) is 10.2 Å². The zero-order chi connectivity index (χ0) is 23.3. The van der Waals surface area contributed by atoms with E-state index in [1.807, 2.05) is 20.8 Å². The summed E-state index contributed by atoms with van der Waals surface area (Å²) in [7, 11) is 0. The van der Waals surface area contributed by atoms with Crippen molar-refractivity contribution in [1.29, 1.82) is 0 Å². The predicted octanol–water partition coefficient (Wildman–Crippen LogP) is 6.12. The highest BCUT2D eigenvalue weighted by Gasteiger charge is 2.29. The molecule has 0 bridgehead atoms. The lowest BCUT2D eigenvalue weighted by molar-refractivity contribution is -0.142. The first-order chi connectivity index (χ1) is 14.4. The second kappa shape index (κ2) is 10.9. The van der Waals surface area contributed by atoms with Crippen molar-refractivity contribution >= 4 is 62.5 Å². The summed E-state index contributed by atoms with van der Waals surface area (Å²) in [6, 6.07) is 9.44. The minimum atomic E-state index is -0.745. The van der Waals surface area contributed by atoms with Gasteiger partial charge in [-0.15, -0.1) is 0 Å². The van der Waals surface area contributed by atoms with Crippen molar-refractivity contribution in [2.75, 3.05) is 6.61 Å². The van der Waals surface area contributed by atoms with Crippen molar-refractivity contribution < 1.29 is 14.3 Å². The minimum absolute atomic E-state index is 0.159. The summed E-state index contributed by atoms with van der Waals surface area (Å²) in [5, 5.41) is 4.06. The summed E-state index contributed by atoms with van der Waals surface area (Å²) in [5.74, 6) is -0.274. The SMILES string of the molecule is CC(C(=O)NC(C)(C)C)N(Cc1ccc(Cl)c(Cl)c1)C(=O)COc1ccc(Br)cc1Cl. The topological polar surface area (TPSA) is 58.6 Å². The van der Waals surface area contributed by atoms with Crippen LogP contribution in [0.5, 0.6) is 5.75 Å². The predicted molar refractivity (Wildman–Crippen MR) is 129 cm³/mol. The molecule has 1 unspecified atom stereocenters. The van der Waals surface area contributed by atoms with Crippen LogP contribution >= 0.6 is 50.7 Å². The summed E-state index contributed by atoms with van der Waals surface area (Å²) in [6.07, 6.45) is 0. The maximum Gasteiger partial charge on any atom is 0.261 e. The van der Waals surface area contributed by atoms with E-state index in [0.717, 1.165) is 10.0 Å². The summed E-state index contributed by atoms with van der Waals surface area (Å²) < 4.78 is 6.42. The minimum Gasteiger partial charge on any atom is -0.482 e. The number of ether oxygens (including phenoxy) is 1. The van der Waals surface area contributed by atoms with Crippen LogP contribution in [0.4, 0.5) is 0 Å². The highest BCUT2D eigenvalue weighted by Crippen LogP contribution is 2.28. The monoisotopic (exact) mass is 548 g/mol. The molecule has 5 nitrogen and oxygen atoms in total. The van der Waals surface area contributed by atoms with Crippen LogP contribution in [0.15, 0.2) is 40.9 Å². The molecular weight excluding hydrogens is 527 g/mol. The number of nitrogens with one attached hydrogen (secondary N) is 1. The number of nitrogens with zero attached hydrogens (tertiary/aromatic N) is 1. The lowest BCUT2D eigenvalue weighted by Gasteiger charge is -2.31. The van der Waals surface area contributed by atoms with Crippen LogP contribution in [-0.4, -0.2) is 34.9 Å². The number of hydrogen-bond acceptors (Lipinski definition) is 3. The molecule has 0 aliphatic heterocycles. The number of amides is 2. The molecule has 2 aromatic carbocycles. The van der Waals surface area contributed by atoms with Gasteiger partial charge in [-0.3, -0.25) is 9.59 Å². The fraction of sp³-hybridized carbons (Fsp3) is 0.364. The van der Waals surface area contributed by atoms with Crippen molar-refractivity contribution in [3.05, 3.63) is 61.5 Å². The lowest BCUT2D eigenvalue weighted by Crippen LogP contribution is -2.53. The molecular formula is C22H24BrCl3N2O3. The number of carbonyl (C=O) groups is 2. The van der Waals surface area contributed by atoms with Gasteiger partial charge in [0.05, 0.1) is 15.1 Å². The molecule has 0 fully saturated rings. The zero-order valence-electron chi connectivity index (χ0n) is 17.6. The van der Waals surface area contributed by atoms with Crippen LogP contribution < -0.4 is 10.1 Å². The molecule has 2 amide bonds. The Bertz CT molecular complexity index is 964. The third kappa shape index (κ3) is 7.86. The van der Waals surface area contributed by atoms with Gasteiger partial charge < -0.3 is 15.0 Å². The largest absolute Gasteiger partial charge is 0.482 e. The first kappa shape index (κ1) is 25.8.